The number of hydrogen-bond acceptors (Lipinski definition) is 9. The Morgan fingerprint density at radius 1 is 1.18 bits per heavy atom. The summed E-state index contributed by atoms with van der Waals surface area (Å²) in [5.41, 5.74) is 1.63. The van der Waals surface area contributed by atoms with E-state index >= 15 is 0 Å². The van der Waals surface area contributed by atoms with E-state index in [1.165, 1.54) is 25.3 Å². The Hall–Kier alpha value is -4.42. The van der Waals surface area contributed by atoms with Gasteiger partial charge in [-0.05, 0) is 60.2 Å². The molecule has 4 rings (SSSR count). The number of carbonyl (C=O) groups excluding carboxylic acids is 3. The fourth-order valence-electron chi connectivity index (χ4n) is 3.36. The van der Waals surface area contributed by atoms with Crippen LogP contribution in [0.25, 0.3) is 6.08 Å². The quantitative estimate of drug-likeness (QED) is 0.219. The lowest BCUT2D eigenvalue weighted by Crippen LogP contribution is -2.36. The van der Waals surface area contributed by atoms with Crippen LogP contribution in [-0.4, -0.2) is 45.5 Å². The number of anilines is 1. The van der Waals surface area contributed by atoms with Crippen molar-refractivity contribution in [3.8, 4) is 17.4 Å². The van der Waals surface area contributed by atoms with Gasteiger partial charge < -0.3 is 14.8 Å². The number of aromatic nitrogens is 1. The summed E-state index contributed by atoms with van der Waals surface area (Å²) in [6, 6.07) is 12.4. The van der Waals surface area contributed by atoms with Gasteiger partial charge in [-0.15, -0.1) is 0 Å². The number of rotatable bonds is 8. The molecule has 194 valence electrons. The minimum Gasteiger partial charge on any atom is -0.493 e. The Morgan fingerprint density at radius 2 is 1.97 bits per heavy atom. The number of hydrogen-bond donors (Lipinski definition) is 1. The average Bonchev–Trinajstić information content (AvgIpc) is 3.14. The van der Waals surface area contributed by atoms with Crippen LogP contribution in [0.1, 0.15) is 11.1 Å². The van der Waals surface area contributed by atoms with Crippen LogP contribution in [0, 0.1) is 17.0 Å². The van der Waals surface area contributed by atoms with Crippen molar-refractivity contribution in [1.82, 2.24) is 9.88 Å². The number of carbonyl (C=O) groups is 3. The lowest BCUT2D eigenvalue weighted by molar-refractivity contribution is -0.385. The molecule has 2 aromatic carbocycles. The number of thioether (sulfide) groups is 1. The van der Waals surface area contributed by atoms with Crippen LogP contribution in [0.4, 0.5) is 16.2 Å². The molecule has 1 N–H and O–H groups in total. The summed E-state index contributed by atoms with van der Waals surface area (Å²) in [7, 11) is 1.42. The van der Waals surface area contributed by atoms with Crippen LogP contribution in [0.3, 0.4) is 0 Å². The summed E-state index contributed by atoms with van der Waals surface area (Å²) < 4.78 is 11.0. The molecule has 3 aromatic rings. The summed E-state index contributed by atoms with van der Waals surface area (Å²) in [4.78, 5) is 53.0. The third-order valence-electron chi connectivity index (χ3n) is 5.28. The zero-order valence-corrected chi connectivity index (χ0v) is 21.5. The molecule has 3 amide bonds. The Bertz CT molecular complexity index is 1480. The SMILES string of the molecule is COc1cc(/C=C2/SC(=O)N(CC(=O)Nc3cc(Cl)ccc3C)C2=O)ccc1Oc1ccc([N+](=O)[O-])cn1. The summed E-state index contributed by atoms with van der Waals surface area (Å²) in [5.74, 6) is -0.440. The number of halogens is 1. The van der Waals surface area contributed by atoms with Crippen LogP contribution in [-0.2, 0) is 9.59 Å². The second kappa shape index (κ2) is 11.3. The van der Waals surface area contributed by atoms with Gasteiger partial charge in [-0.1, -0.05) is 23.7 Å². The molecule has 11 nitrogen and oxygen atoms in total. The third-order valence-corrected chi connectivity index (χ3v) is 6.42. The van der Waals surface area contributed by atoms with Crippen molar-refractivity contribution in [2.45, 2.75) is 6.92 Å². The number of amides is 3. The predicted molar refractivity (Wildman–Crippen MR) is 141 cm³/mol. The van der Waals surface area contributed by atoms with Crippen LogP contribution >= 0.6 is 23.4 Å². The Morgan fingerprint density at radius 3 is 2.66 bits per heavy atom. The van der Waals surface area contributed by atoms with E-state index < -0.39 is 28.5 Å². The number of nitrogens with one attached hydrogen (secondary N) is 1. The smallest absolute Gasteiger partial charge is 0.294 e. The second-order valence-corrected chi connectivity index (χ2v) is 9.33. The molecule has 0 spiro atoms. The van der Waals surface area contributed by atoms with Gasteiger partial charge in [0.15, 0.2) is 11.5 Å². The highest BCUT2D eigenvalue weighted by atomic mass is 35.5. The van der Waals surface area contributed by atoms with Gasteiger partial charge in [-0.2, -0.15) is 0 Å². The van der Waals surface area contributed by atoms with Gasteiger partial charge in [0.25, 0.3) is 16.8 Å². The molecule has 2 heterocycles. The molecule has 0 saturated carbocycles. The van der Waals surface area contributed by atoms with E-state index in [1.807, 2.05) is 0 Å². The first-order valence-electron chi connectivity index (χ1n) is 10.9. The van der Waals surface area contributed by atoms with Crippen molar-refractivity contribution in [2.75, 3.05) is 19.0 Å². The lowest BCUT2D eigenvalue weighted by atomic mass is 10.2. The number of nitro groups is 1. The minimum atomic E-state index is -0.604. The first-order valence-corrected chi connectivity index (χ1v) is 12.1. The normalized spacial score (nSPS) is 14.1. The summed E-state index contributed by atoms with van der Waals surface area (Å²) in [6.07, 6.45) is 2.57. The van der Waals surface area contributed by atoms with E-state index in [4.69, 9.17) is 21.1 Å². The topological polar surface area (TPSA) is 141 Å². The van der Waals surface area contributed by atoms with Crippen LogP contribution in [0.5, 0.6) is 17.4 Å². The number of imide groups is 1. The molecule has 13 heteroatoms. The number of pyridine rings is 1. The molecular formula is C25H19ClN4O7S. The minimum absolute atomic E-state index is 0.119. The molecule has 1 aromatic heterocycles. The highest BCUT2D eigenvalue weighted by molar-refractivity contribution is 8.18. The van der Waals surface area contributed by atoms with Gasteiger partial charge in [-0.3, -0.25) is 29.4 Å². The summed E-state index contributed by atoms with van der Waals surface area (Å²) >= 11 is 6.69. The maximum atomic E-state index is 12.9. The van der Waals surface area contributed by atoms with Gasteiger partial charge in [0, 0.05) is 22.8 Å². The van der Waals surface area contributed by atoms with Crippen molar-refractivity contribution < 1.29 is 28.8 Å². The van der Waals surface area contributed by atoms with Crippen LogP contribution < -0.4 is 14.8 Å². The number of ether oxygens (including phenoxy) is 2. The van der Waals surface area contributed by atoms with E-state index in [0.717, 1.165) is 16.7 Å². The van der Waals surface area contributed by atoms with Crippen molar-refractivity contribution in [3.05, 3.63) is 85.9 Å². The summed E-state index contributed by atoms with van der Waals surface area (Å²) in [6.45, 7) is 1.34. The fraction of sp³-hybridized carbons (Fsp3) is 0.120. The van der Waals surface area contributed by atoms with Gasteiger partial charge >= 0.3 is 0 Å². The molecule has 0 radical (unpaired) electrons. The van der Waals surface area contributed by atoms with Crippen molar-refractivity contribution >= 4 is 57.9 Å². The zero-order chi connectivity index (χ0) is 27.4. The molecule has 1 saturated heterocycles. The lowest BCUT2D eigenvalue weighted by Gasteiger charge is -2.14. The van der Waals surface area contributed by atoms with Gasteiger partial charge in [0.05, 0.1) is 16.9 Å². The molecule has 1 aliphatic rings. The van der Waals surface area contributed by atoms with Crippen molar-refractivity contribution in [1.29, 1.82) is 0 Å². The highest BCUT2D eigenvalue weighted by Crippen LogP contribution is 2.36. The molecule has 0 unspecified atom stereocenters. The molecule has 1 fully saturated rings. The molecule has 0 bridgehead atoms. The fourth-order valence-corrected chi connectivity index (χ4v) is 4.37. The van der Waals surface area contributed by atoms with Gasteiger partial charge in [0.2, 0.25) is 11.8 Å². The van der Waals surface area contributed by atoms with E-state index in [-0.39, 0.29) is 22.2 Å². The second-order valence-electron chi connectivity index (χ2n) is 7.90. The van der Waals surface area contributed by atoms with Crippen molar-refractivity contribution in [2.24, 2.45) is 0 Å². The average molecular weight is 555 g/mol. The standard InChI is InChI=1S/C25H19ClN4O7S/c1-14-3-5-16(26)11-18(14)28-22(31)13-29-24(32)21(38-25(29)33)10-15-4-7-19(20(9-15)36-2)37-23-8-6-17(12-27-23)30(34)35/h3-12H,13H2,1-2H3,(H,28,31)/b21-10+. The number of aryl methyl sites for hydroxylation is 1. The predicted octanol–water partition coefficient (Wildman–Crippen LogP) is 5.43. The van der Waals surface area contributed by atoms with Crippen LogP contribution in [0.2, 0.25) is 5.02 Å². The Labute approximate surface area is 225 Å². The van der Waals surface area contributed by atoms with Crippen LogP contribution in [0.15, 0.2) is 59.6 Å². The zero-order valence-electron chi connectivity index (χ0n) is 20.0. The Balaban J connectivity index is 1.46. The van der Waals surface area contributed by atoms with Gasteiger partial charge in [-0.25, -0.2) is 4.98 Å². The first-order chi connectivity index (χ1) is 18.1. The molecule has 0 atom stereocenters. The van der Waals surface area contributed by atoms with E-state index in [2.05, 4.69) is 10.3 Å². The maximum absolute atomic E-state index is 12.9. The number of benzene rings is 2. The molecule has 38 heavy (non-hydrogen) atoms. The third kappa shape index (κ3) is 6.10. The van der Waals surface area contributed by atoms with E-state index in [0.29, 0.717) is 33.8 Å². The van der Waals surface area contributed by atoms with E-state index in [1.54, 1.807) is 43.3 Å². The largest absolute Gasteiger partial charge is 0.493 e. The number of methoxy groups -OCH3 is 1. The molecule has 1 aliphatic heterocycles. The highest BCUT2D eigenvalue weighted by Gasteiger charge is 2.36. The summed E-state index contributed by atoms with van der Waals surface area (Å²) in [5, 5.41) is 13.3. The molecular weight excluding hydrogens is 536 g/mol. The van der Waals surface area contributed by atoms with Crippen molar-refractivity contribution in [3.63, 3.8) is 0 Å². The Kier molecular flexibility index (Phi) is 7.93. The molecule has 0 aliphatic carbocycles. The monoisotopic (exact) mass is 554 g/mol. The first kappa shape index (κ1) is 26.6. The van der Waals surface area contributed by atoms with E-state index in [9.17, 15) is 24.5 Å². The maximum Gasteiger partial charge on any atom is 0.294 e. The van der Waals surface area contributed by atoms with Gasteiger partial charge in [0.1, 0.15) is 12.7 Å². The number of nitrogens with zero attached hydrogens (tertiary/aromatic N) is 3.